The van der Waals surface area contributed by atoms with Crippen molar-refractivity contribution in [2.45, 2.75) is 56.3 Å². The van der Waals surface area contributed by atoms with Gasteiger partial charge in [0.2, 0.25) is 0 Å². The van der Waals surface area contributed by atoms with Crippen LogP contribution in [-0.4, -0.2) is 41.1 Å². The number of halogens is 1. The molecule has 0 radical (unpaired) electrons. The lowest BCUT2D eigenvalue weighted by molar-refractivity contribution is 0.134. The average Bonchev–Trinajstić information content (AvgIpc) is 3.52. The Bertz CT molecular complexity index is 938. The molecule has 29 heavy (non-hydrogen) atoms. The smallest absolute Gasteiger partial charge is 0.254 e. The minimum Gasteiger partial charge on any atom is -0.494 e. The summed E-state index contributed by atoms with van der Waals surface area (Å²) in [5.74, 6) is 1.85. The van der Waals surface area contributed by atoms with Gasteiger partial charge in [-0.2, -0.15) is 0 Å². The fourth-order valence-corrected chi connectivity index (χ4v) is 5.04. The quantitative estimate of drug-likeness (QED) is 0.758. The number of hydrogen-bond donors (Lipinski definition) is 1. The van der Waals surface area contributed by atoms with Crippen LogP contribution < -0.4 is 10.3 Å². The van der Waals surface area contributed by atoms with Gasteiger partial charge in [-0.1, -0.05) is 0 Å². The van der Waals surface area contributed by atoms with Gasteiger partial charge in [0.1, 0.15) is 17.4 Å². The maximum atomic E-state index is 13.0. The Balaban J connectivity index is 1.22. The van der Waals surface area contributed by atoms with Crippen LogP contribution in [0.1, 0.15) is 61.5 Å². The van der Waals surface area contributed by atoms with Crippen LogP contribution in [0.15, 0.2) is 29.1 Å². The molecule has 0 amide bonds. The highest BCUT2D eigenvalue weighted by molar-refractivity contribution is 5.34. The van der Waals surface area contributed by atoms with E-state index < -0.39 is 0 Å². The van der Waals surface area contributed by atoms with Crippen LogP contribution in [0.4, 0.5) is 4.39 Å². The summed E-state index contributed by atoms with van der Waals surface area (Å²) >= 11 is 0. The number of piperidine rings is 1. The Morgan fingerprint density at radius 1 is 1.24 bits per heavy atom. The van der Waals surface area contributed by atoms with Gasteiger partial charge < -0.3 is 14.6 Å². The summed E-state index contributed by atoms with van der Waals surface area (Å²) in [5.41, 5.74) is 2.16. The molecule has 1 saturated carbocycles. The number of nitrogens with one attached hydrogen (secondary N) is 1. The highest BCUT2D eigenvalue weighted by Crippen LogP contribution is 2.45. The van der Waals surface area contributed by atoms with E-state index in [0.717, 1.165) is 81.7 Å². The molecule has 3 aliphatic rings. The third-order valence-electron chi connectivity index (χ3n) is 6.71. The van der Waals surface area contributed by atoms with Gasteiger partial charge in [-0.05, 0) is 75.8 Å². The van der Waals surface area contributed by atoms with E-state index in [1.165, 1.54) is 12.1 Å². The summed E-state index contributed by atoms with van der Waals surface area (Å²) < 4.78 is 18.7. The molecule has 154 valence electrons. The zero-order valence-electron chi connectivity index (χ0n) is 16.8. The molecule has 2 aromatic rings. The normalized spacial score (nSPS) is 24.0. The molecular formula is C23H28FN3O2. The number of ether oxygens (including phenoxy) is 1. The Labute approximate surface area is 170 Å². The molecule has 2 heterocycles. The molecule has 5 rings (SSSR count). The second-order valence-electron chi connectivity index (χ2n) is 8.87. The molecule has 0 bridgehead atoms. The number of aromatic nitrogens is 2. The van der Waals surface area contributed by atoms with Crippen molar-refractivity contribution in [2.75, 3.05) is 26.2 Å². The predicted molar refractivity (Wildman–Crippen MR) is 109 cm³/mol. The molecular weight excluding hydrogens is 369 g/mol. The standard InChI is InChI=1S/C23H28FN3O2/c24-17-5-7-18(8-6-17)29-14-2-13-27-12-1-10-23(15-27)11-9-19-20(23)25-21(16-3-4-16)26-22(19)28/h5-8,16H,1-4,9-15H2,(H,25,26,28). The Hall–Kier alpha value is -2.21. The number of hydrogen-bond acceptors (Lipinski definition) is 4. The van der Waals surface area contributed by atoms with E-state index >= 15 is 0 Å². The van der Waals surface area contributed by atoms with Gasteiger partial charge in [-0.3, -0.25) is 4.79 Å². The molecule has 1 spiro atoms. The van der Waals surface area contributed by atoms with Crippen molar-refractivity contribution >= 4 is 0 Å². The maximum absolute atomic E-state index is 13.0. The Morgan fingerprint density at radius 3 is 2.86 bits per heavy atom. The van der Waals surface area contributed by atoms with Crippen LogP contribution in [-0.2, 0) is 11.8 Å². The van der Waals surface area contributed by atoms with Crippen LogP contribution in [0.5, 0.6) is 5.75 Å². The van der Waals surface area contributed by atoms with E-state index in [-0.39, 0.29) is 16.8 Å². The van der Waals surface area contributed by atoms with E-state index in [9.17, 15) is 9.18 Å². The highest BCUT2D eigenvalue weighted by Gasteiger charge is 2.45. The summed E-state index contributed by atoms with van der Waals surface area (Å²) in [4.78, 5) is 23.1. The molecule has 1 aromatic heterocycles. The monoisotopic (exact) mass is 397 g/mol. The topological polar surface area (TPSA) is 58.2 Å². The van der Waals surface area contributed by atoms with Crippen molar-refractivity contribution in [3.8, 4) is 5.75 Å². The molecule has 1 aromatic carbocycles. The molecule has 1 atom stereocenters. The van der Waals surface area contributed by atoms with E-state index in [4.69, 9.17) is 9.72 Å². The van der Waals surface area contributed by atoms with Crippen LogP contribution in [0.2, 0.25) is 0 Å². The van der Waals surface area contributed by atoms with Crippen LogP contribution in [0, 0.1) is 5.82 Å². The van der Waals surface area contributed by atoms with E-state index in [1.54, 1.807) is 12.1 Å². The number of fused-ring (bicyclic) bond motifs is 2. The first-order valence-electron chi connectivity index (χ1n) is 10.9. The minimum absolute atomic E-state index is 0.0449. The second kappa shape index (κ2) is 7.56. The largest absolute Gasteiger partial charge is 0.494 e. The second-order valence-corrected chi connectivity index (χ2v) is 8.87. The van der Waals surface area contributed by atoms with Crippen molar-refractivity contribution in [1.29, 1.82) is 0 Å². The van der Waals surface area contributed by atoms with E-state index in [1.807, 2.05) is 0 Å². The maximum Gasteiger partial charge on any atom is 0.254 e. The SMILES string of the molecule is O=c1[nH]c(C2CC2)nc2c1CCC21CCCN(CCCOc2ccc(F)cc2)C1. The molecule has 1 aliphatic heterocycles. The fourth-order valence-electron chi connectivity index (χ4n) is 5.04. The highest BCUT2D eigenvalue weighted by atomic mass is 19.1. The molecule has 1 saturated heterocycles. The minimum atomic E-state index is -0.245. The number of nitrogens with zero attached hydrogens (tertiary/aromatic N) is 2. The van der Waals surface area contributed by atoms with Gasteiger partial charge in [-0.15, -0.1) is 0 Å². The first-order valence-corrected chi connectivity index (χ1v) is 10.9. The fraction of sp³-hybridized carbons (Fsp3) is 0.565. The first kappa shape index (κ1) is 18.8. The van der Waals surface area contributed by atoms with E-state index in [0.29, 0.717) is 18.3 Å². The lowest BCUT2D eigenvalue weighted by Crippen LogP contribution is -2.46. The first-order chi connectivity index (χ1) is 14.1. The number of rotatable bonds is 6. The van der Waals surface area contributed by atoms with Crippen molar-refractivity contribution < 1.29 is 9.13 Å². The zero-order chi connectivity index (χ0) is 19.8. The van der Waals surface area contributed by atoms with Crippen LogP contribution in [0.3, 0.4) is 0 Å². The number of aromatic amines is 1. The summed E-state index contributed by atoms with van der Waals surface area (Å²) in [6, 6.07) is 6.18. The molecule has 1 N–H and O–H groups in total. The van der Waals surface area contributed by atoms with Gasteiger partial charge >= 0.3 is 0 Å². The van der Waals surface area contributed by atoms with Crippen LogP contribution >= 0.6 is 0 Å². The van der Waals surface area contributed by atoms with Gasteiger partial charge in [0, 0.05) is 30.0 Å². The average molecular weight is 397 g/mol. The van der Waals surface area contributed by atoms with Crippen molar-refractivity contribution in [3.63, 3.8) is 0 Å². The Morgan fingerprint density at radius 2 is 2.07 bits per heavy atom. The third kappa shape index (κ3) is 3.82. The molecule has 5 nitrogen and oxygen atoms in total. The lowest BCUT2D eigenvalue weighted by Gasteiger charge is -2.40. The van der Waals surface area contributed by atoms with Crippen molar-refractivity contribution in [1.82, 2.24) is 14.9 Å². The molecule has 1 unspecified atom stereocenters. The zero-order valence-corrected chi connectivity index (χ0v) is 16.8. The summed E-state index contributed by atoms with van der Waals surface area (Å²) in [5, 5.41) is 0. The third-order valence-corrected chi connectivity index (χ3v) is 6.71. The van der Waals surface area contributed by atoms with E-state index in [2.05, 4.69) is 9.88 Å². The predicted octanol–water partition coefficient (Wildman–Crippen LogP) is 3.54. The molecule has 2 fully saturated rings. The lowest BCUT2D eigenvalue weighted by atomic mass is 9.77. The van der Waals surface area contributed by atoms with Gasteiger partial charge in [0.25, 0.3) is 5.56 Å². The molecule has 2 aliphatic carbocycles. The summed E-state index contributed by atoms with van der Waals surface area (Å²) in [6.07, 6.45) is 7.38. The van der Waals surface area contributed by atoms with Crippen LogP contribution in [0.25, 0.3) is 0 Å². The van der Waals surface area contributed by atoms with Gasteiger partial charge in [-0.25, -0.2) is 9.37 Å². The number of benzene rings is 1. The van der Waals surface area contributed by atoms with Gasteiger partial charge in [0.05, 0.1) is 12.3 Å². The van der Waals surface area contributed by atoms with Crippen molar-refractivity contribution in [2.24, 2.45) is 0 Å². The summed E-state index contributed by atoms with van der Waals surface area (Å²) in [7, 11) is 0. The number of likely N-dealkylation sites (tertiary alicyclic amines) is 1. The number of H-pyrrole nitrogens is 1. The summed E-state index contributed by atoms with van der Waals surface area (Å²) in [6.45, 7) is 3.66. The molecule has 6 heteroatoms. The van der Waals surface area contributed by atoms with Crippen molar-refractivity contribution in [3.05, 3.63) is 57.5 Å². The Kier molecular flexibility index (Phi) is 4.90. The van der Waals surface area contributed by atoms with Gasteiger partial charge in [0.15, 0.2) is 0 Å².